The van der Waals surface area contributed by atoms with E-state index in [4.69, 9.17) is 32.4 Å². The number of halogens is 2. The standard InChI is InChI=1S/C18H17Cl2NO4/c1-10(11-5-6-11)21-16(22)9-24-18(23)15-8-7-14(25-15)12-3-2-4-13(19)17(12)20/h2-4,7-8,10-11H,5-6,9H2,1H3,(H,21,22)/t10-/m0/s1. The van der Waals surface area contributed by atoms with Crippen molar-refractivity contribution in [1.82, 2.24) is 5.32 Å². The van der Waals surface area contributed by atoms with Crippen molar-refractivity contribution in [3.8, 4) is 11.3 Å². The third kappa shape index (κ3) is 4.35. The molecule has 132 valence electrons. The van der Waals surface area contributed by atoms with E-state index < -0.39 is 5.97 Å². The Morgan fingerprint density at radius 1 is 1.28 bits per heavy atom. The molecule has 1 fully saturated rings. The van der Waals surface area contributed by atoms with Crippen LogP contribution in [0, 0.1) is 5.92 Å². The zero-order valence-electron chi connectivity index (χ0n) is 13.6. The van der Waals surface area contributed by atoms with Crippen molar-refractivity contribution in [3.05, 3.63) is 46.1 Å². The van der Waals surface area contributed by atoms with Crippen LogP contribution in [-0.4, -0.2) is 24.5 Å². The van der Waals surface area contributed by atoms with E-state index in [9.17, 15) is 9.59 Å². The van der Waals surface area contributed by atoms with Crippen molar-refractivity contribution in [2.75, 3.05) is 6.61 Å². The van der Waals surface area contributed by atoms with Crippen LogP contribution < -0.4 is 5.32 Å². The lowest BCUT2D eigenvalue weighted by atomic mass is 10.2. The van der Waals surface area contributed by atoms with E-state index in [1.54, 1.807) is 24.3 Å². The summed E-state index contributed by atoms with van der Waals surface area (Å²) in [5, 5.41) is 3.54. The molecule has 25 heavy (non-hydrogen) atoms. The van der Waals surface area contributed by atoms with Crippen molar-refractivity contribution in [2.45, 2.75) is 25.8 Å². The lowest BCUT2D eigenvalue weighted by molar-refractivity contribution is -0.125. The number of hydrogen-bond donors (Lipinski definition) is 1. The van der Waals surface area contributed by atoms with E-state index in [-0.39, 0.29) is 24.3 Å². The largest absolute Gasteiger partial charge is 0.450 e. The summed E-state index contributed by atoms with van der Waals surface area (Å²) in [6.45, 7) is 1.61. The number of esters is 1. The molecular formula is C18H17Cl2NO4. The molecule has 1 aliphatic carbocycles. The first-order valence-corrected chi connectivity index (χ1v) is 8.72. The highest BCUT2D eigenvalue weighted by molar-refractivity contribution is 6.43. The Balaban J connectivity index is 1.59. The average Bonchev–Trinajstić information content (AvgIpc) is 3.33. The van der Waals surface area contributed by atoms with Gasteiger partial charge in [0.2, 0.25) is 5.76 Å². The molecule has 3 rings (SSSR count). The molecule has 1 aromatic carbocycles. The number of carbonyl (C=O) groups excluding carboxylic acids is 2. The van der Waals surface area contributed by atoms with Crippen LogP contribution in [0.3, 0.4) is 0 Å². The molecule has 0 radical (unpaired) electrons. The van der Waals surface area contributed by atoms with E-state index in [0.29, 0.717) is 27.3 Å². The first-order chi connectivity index (χ1) is 12.0. The van der Waals surface area contributed by atoms with Gasteiger partial charge in [-0.3, -0.25) is 4.79 Å². The fraction of sp³-hybridized carbons (Fsp3) is 0.333. The highest BCUT2D eigenvalue weighted by atomic mass is 35.5. The van der Waals surface area contributed by atoms with Gasteiger partial charge in [-0.05, 0) is 49.9 Å². The second kappa shape index (κ2) is 7.50. The number of ether oxygens (including phenoxy) is 1. The van der Waals surface area contributed by atoms with Crippen molar-refractivity contribution >= 4 is 35.1 Å². The van der Waals surface area contributed by atoms with Gasteiger partial charge in [0.1, 0.15) is 5.76 Å². The van der Waals surface area contributed by atoms with Gasteiger partial charge >= 0.3 is 5.97 Å². The van der Waals surface area contributed by atoms with Crippen molar-refractivity contribution in [3.63, 3.8) is 0 Å². The van der Waals surface area contributed by atoms with Gasteiger partial charge in [-0.2, -0.15) is 0 Å². The molecule has 0 aliphatic heterocycles. The lowest BCUT2D eigenvalue weighted by Gasteiger charge is -2.12. The molecule has 1 N–H and O–H groups in total. The van der Waals surface area contributed by atoms with Gasteiger partial charge < -0.3 is 14.5 Å². The van der Waals surface area contributed by atoms with Crippen LogP contribution in [0.25, 0.3) is 11.3 Å². The molecule has 0 bridgehead atoms. The maximum absolute atomic E-state index is 12.0. The summed E-state index contributed by atoms with van der Waals surface area (Å²) in [6.07, 6.45) is 2.25. The van der Waals surface area contributed by atoms with Crippen molar-refractivity contribution in [2.24, 2.45) is 5.92 Å². The van der Waals surface area contributed by atoms with E-state index >= 15 is 0 Å². The fourth-order valence-corrected chi connectivity index (χ4v) is 2.89. The molecule has 1 aromatic heterocycles. The molecule has 1 heterocycles. The average molecular weight is 382 g/mol. The molecule has 0 saturated heterocycles. The highest BCUT2D eigenvalue weighted by Crippen LogP contribution is 2.34. The Bertz CT molecular complexity index is 798. The van der Waals surface area contributed by atoms with Crippen LogP contribution in [0.4, 0.5) is 0 Å². The second-order valence-corrected chi connectivity index (χ2v) is 6.82. The number of carbonyl (C=O) groups is 2. The monoisotopic (exact) mass is 381 g/mol. The molecule has 2 aromatic rings. The summed E-state index contributed by atoms with van der Waals surface area (Å²) >= 11 is 12.1. The lowest BCUT2D eigenvalue weighted by Crippen LogP contribution is -2.37. The van der Waals surface area contributed by atoms with Gasteiger partial charge in [0, 0.05) is 11.6 Å². The second-order valence-electron chi connectivity index (χ2n) is 6.04. The zero-order chi connectivity index (χ0) is 18.0. The predicted octanol–water partition coefficient (Wildman–Crippen LogP) is 4.32. The van der Waals surface area contributed by atoms with E-state index in [1.807, 2.05) is 6.92 Å². The van der Waals surface area contributed by atoms with Crippen molar-refractivity contribution in [1.29, 1.82) is 0 Å². The fourth-order valence-electron chi connectivity index (χ4n) is 2.50. The summed E-state index contributed by atoms with van der Waals surface area (Å²) < 4.78 is 10.5. The molecule has 7 heteroatoms. The van der Waals surface area contributed by atoms with E-state index in [0.717, 1.165) is 12.8 Å². The molecule has 1 saturated carbocycles. The smallest absolute Gasteiger partial charge is 0.374 e. The maximum atomic E-state index is 12.0. The Morgan fingerprint density at radius 3 is 2.76 bits per heavy atom. The number of nitrogens with one attached hydrogen (secondary N) is 1. The number of rotatable bonds is 6. The van der Waals surface area contributed by atoms with E-state index in [2.05, 4.69) is 5.32 Å². The van der Waals surface area contributed by atoms with Crippen LogP contribution in [0.1, 0.15) is 30.3 Å². The summed E-state index contributed by atoms with van der Waals surface area (Å²) in [5.74, 6) is -0.105. The van der Waals surface area contributed by atoms with Gasteiger partial charge in [-0.1, -0.05) is 29.3 Å². The summed E-state index contributed by atoms with van der Waals surface area (Å²) in [7, 11) is 0. The minimum absolute atomic E-state index is 0.00548. The predicted molar refractivity (Wildman–Crippen MR) is 94.8 cm³/mol. The van der Waals surface area contributed by atoms with Gasteiger partial charge in [-0.25, -0.2) is 4.79 Å². The van der Waals surface area contributed by atoms with Crippen LogP contribution in [0.2, 0.25) is 10.0 Å². The number of hydrogen-bond acceptors (Lipinski definition) is 4. The third-order valence-corrected chi connectivity index (χ3v) is 4.90. The van der Waals surface area contributed by atoms with E-state index in [1.165, 1.54) is 6.07 Å². The molecule has 5 nitrogen and oxygen atoms in total. The van der Waals surface area contributed by atoms with Gasteiger partial charge in [0.05, 0.1) is 10.0 Å². The number of amides is 1. The van der Waals surface area contributed by atoms with Gasteiger partial charge in [-0.15, -0.1) is 0 Å². The molecule has 0 spiro atoms. The van der Waals surface area contributed by atoms with Crippen LogP contribution in [-0.2, 0) is 9.53 Å². The first-order valence-electron chi connectivity index (χ1n) is 7.96. The minimum atomic E-state index is -0.710. The normalized spacial score (nSPS) is 14.8. The summed E-state index contributed by atoms with van der Waals surface area (Å²) in [6, 6.07) is 8.30. The Kier molecular flexibility index (Phi) is 5.35. The maximum Gasteiger partial charge on any atom is 0.374 e. The van der Waals surface area contributed by atoms with Crippen LogP contribution in [0.15, 0.2) is 34.7 Å². The minimum Gasteiger partial charge on any atom is -0.450 e. The first kappa shape index (κ1) is 17.8. The highest BCUT2D eigenvalue weighted by Gasteiger charge is 2.29. The molecular weight excluding hydrogens is 365 g/mol. The third-order valence-electron chi connectivity index (χ3n) is 4.08. The molecule has 1 atom stereocenters. The summed E-state index contributed by atoms with van der Waals surface area (Å²) in [4.78, 5) is 23.8. The molecule has 0 unspecified atom stereocenters. The molecule has 1 amide bonds. The topological polar surface area (TPSA) is 68.5 Å². The zero-order valence-corrected chi connectivity index (χ0v) is 15.1. The number of furan rings is 1. The Hall–Kier alpha value is -1.98. The summed E-state index contributed by atoms with van der Waals surface area (Å²) in [5.41, 5.74) is 0.573. The van der Waals surface area contributed by atoms with Gasteiger partial charge in [0.15, 0.2) is 6.61 Å². The molecule has 1 aliphatic rings. The SMILES string of the molecule is C[C@H](NC(=O)COC(=O)c1ccc(-c2cccc(Cl)c2Cl)o1)C1CC1. The van der Waals surface area contributed by atoms with Gasteiger partial charge in [0.25, 0.3) is 5.91 Å². The Labute approximate surface area is 155 Å². The Morgan fingerprint density at radius 2 is 2.04 bits per heavy atom. The van der Waals surface area contributed by atoms with Crippen LogP contribution in [0.5, 0.6) is 0 Å². The number of benzene rings is 1. The quantitative estimate of drug-likeness (QED) is 0.756. The van der Waals surface area contributed by atoms with Crippen LogP contribution >= 0.6 is 23.2 Å². The van der Waals surface area contributed by atoms with Crippen molar-refractivity contribution < 1.29 is 18.7 Å².